The van der Waals surface area contributed by atoms with Crippen molar-refractivity contribution in [3.8, 4) is 5.75 Å². The van der Waals surface area contributed by atoms with E-state index in [4.69, 9.17) is 32.3 Å². The predicted octanol–water partition coefficient (Wildman–Crippen LogP) is 0.787. The van der Waals surface area contributed by atoms with Crippen molar-refractivity contribution in [3.63, 3.8) is 0 Å². The van der Waals surface area contributed by atoms with Gasteiger partial charge in [0.1, 0.15) is 11.3 Å². The lowest BCUT2D eigenvalue weighted by Crippen LogP contribution is -2.37. The van der Waals surface area contributed by atoms with E-state index in [1.807, 2.05) is 0 Å². The Morgan fingerprint density at radius 3 is 2.48 bits per heavy atom. The molecule has 0 heterocycles. The zero-order chi connectivity index (χ0) is 16.2. The summed E-state index contributed by atoms with van der Waals surface area (Å²) in [5.41, 5.74) is 5.31. The van der Waals surface area contributed by atoms with Gasteiger partial charge in [0.15, 0.2) is 0 Å². The normalized spacial score (nSPS) is 11.6. The first-order chi connectivity index (χ1) is 9.76. The van der Waals surface area contributed by atoms with Crippen molar-refractivity contribution in [3.05, 3.63) is 22.7 Å². The van der Waals surface area contributed by atoms with E-state index in [-0.39, 0.29) is 22.0 Å². The average molecular weight is 317 g/mol. The molecule has 0 aliphatic heterocycles. The maximum absolute atomic E-state index is 11.7. The van der Waals surface area contributed by atoms with Gasteiger partial charge in [0.2, 0.25) is 5.91 Å². The molecule has 9 heteroatoms. The molecule has 1 amide bonds. The largest absolute Gasteiger partial charge is 0.496 e. The Bertz CT molecular complexity index is 589. The van der Waals surface area contributed by atoms with Crippen LogP contribution in [0.2, 0.25) is 5.02 Å². The first kappa shape index (κ1) is 16.7. The molecule has 0 saturated heterocycles. The van der Waals surface area contributed by atoms with Gasteiger partial charge in [0.05, 0.1) is 30.3 Å². The lowest BCUT2D eigenvalue weighted by Gasteiger charge is -2.13. The first-order valence-electron chi connectivity index (χ1n) is 5.65. The number of nitrogens with two attached hydrogens (primary N) is 1. The number of carbonyl (C=O) groups is 3. The summed E-state index contributed by atoms with van der Waals surface area (Å²) in [5.74, 6) is -3.23. The molecular formula is C12H13ClN2O6. The van der Waals surface area contributed by atoms with Gasteiger partial charge >= 0.3 is 11.9 Å². The van der Waals surface area contributed by atoms with Crippen molar-refractivity contribution in [1.29, 1.82) is 0 Å². The van der Waals surface area contributed by atoms with Gasteiger partial charge in [-0.25, -0.2) is 4.79 Å². The highest BCUT2D eigenvalue weighted by Gasteiger charge is 2.20. The van der Waals surface area contributed by atoms with Crippen LogP contribution in [0.4, 0.5) is 5.69 Å². The number of benzene rings is 1. The van der Waals surface area contributed by atoms with Crippen molar-refractivity contribution >= 4 is 35.1 Å². The molecule has 0 fully saturated rings. The minimum absolute atomic E-state index is 0.00555. The lowest BCUT2D eigenvalue weighted by molar-refractivity contribution is -0.138. The molecule has 1 unspecified atom stereocenters. The Hall–Kier alpha value is -2.32. The first-order valence-corrected chi connectivity index (χ1v) is 6.03. The highest BCUT2D eigenvalue weighted by Crippen LogP contribution is 2.31. The van der Waals surface area contributed by atoms with Gasteiger partial charge in [-0.2, -0.15) is 0 Å². The number of carbonyl (C=O) groups excluding carboxylic acids is 1. The summed E-state index contributed by atoms with van der Waals surface area (Å²) in [5, 5.41) is 19.8. The lowest BCUT2D eigenvalue weighted by atomic mass is 10.1. The highest BCUT2D eigenvalue weighted by atomic mass is 35.5. The average Bonchev–Trinajstić information content (AvgIpc) is 2.39. The fraction of sp³-hybridized carbons (Fsp3) is 0.250. The van der Waals surface area contributed by atoms with Gasteiger partial charge in [-0.05, 0) is 6.07 Å². The topological polar surface area (TPSA) is 139 Å². The van der Waals surface area contributed by atoms with Crippen molar-refractivity contribution in [2.24, 2.45) is 5.73 Å². The quantitative estimate of drug-likeness (QED) is 0.608. The van der Waals surface area contributed by atoms with E-state index < -0.39 is 30.3 Å². The molecule has 0 radical (unpaired) electrons. The summed E-state index contributed by atoms with van der Waals surface area (Å²) >= 11 is 5.87. The SMILES string of the molecule is COc1cc(NC(=O)C(N)CC(=O)O)c(Cl)cc1C(=O)O. The Balaban J connectivity index is 3.01. The third-order valence-electron chi connectivity index (χ3n) is 2.51. The minimum atomic E-state index is -1.26. The molecule has 0 aliphatic rings. The molecule has 1 atom stereocenters. The number of halogens is 1. The van der Waals surface area contributed by atoms with Crippen LogP contribution < -0.4 is 15.8 Å². The summed E-state index contributed by atoms with van der Waals surface area (Å²) < 4.78 is 4.89. The zero-order valence-corrected chi connectivity index (χ0v) is 11.7. The number of methoxy groups -OCH3 is 1. The zero-order valence-electron chi connectivity index (χ0n) is 10.9. The molecule has 114 valence electrons. The van der Waals surface area contributed by atoms with Gasteiger partial charge in [0, 0.05) is 6.07 Å². The second-order valence-corrected chi connectivity index (χ2v) is 4.44. The van der Waals surface area contributed by atoms with Crippen molar-refractivity contribution in [2.45, 2.75) is 12.5 Å². The van der Waals surface area contributed by atoms with Gasteiger partial charge in [0.25, 0.3) is 0 Å². The molecule has 21 heavy (non-hydrogen) atoms. The molecule has 0 bridgehead atoms. The summed E-state index contributed by atoms with van der Waals surface area (Å²) in [7, 11) is 1.26. The Kier molecular flexibility index (Phi) is 5.51. The number of amides is 1. The molecule has 8 nitrogen and oxygen atoms in total. The highest BCUT2D eigenvalue weighted by molar-refractivity contribution is 6.34. The molecule has 0 aromatic heterocycles. The van der Waals surface area contributed by atoms with Crippen LogP contribution in [0.3, 0.4) is 0 Å². The number of hydrogen-bond acceptors (Lipinski definition) is 5. The predicted molar refractivity (Wildman–Crippen MR) is 73.8 cm³/mol. The monoisotopic (exact) mass is 316 g/mol. The molecule has 0 aliphatic carbocycles. The maximum Gasteiger partial charge on any atom is 0.339 e. The summed E-state index contributed by atoms with van der Waals surface area (Å²) in [6, 6.07) is 1.07. The molecule has 1 rings (SSSR count). The van der Waals surface area contributed by atoms with Crippen LogP contribution in [0, 0.1) is 0 Å². The van der Waals surface area contributed by atoms with E-state index in [2.05, 4.69) is 5.32 Å². The van der Waals surface area contributed by atoms with Crippen molar-refractivity contribution < 1.29 is 29.3 Å². The summed E-state index contributed by atoms with van der Waals surface area (Å²) in [4.78, 5) is 33.2. The summed E-state index contributed by atoms with van der Waals surface area (Å²) in [6.07, 6.45) is -0.548. The molecule has 0 spiro atoms. The van der Waals surface area contributed by atoms with Crippen LogP contribution in [-0.4, -0.2) is 41.2 Å². The number of rotatable bonds is 6. The number of anilines is 1. The van der Waals surface area contributed by atoms with Crippen molar-refractivity contribution in [1.82, 2.24) is 0 Å². The standard InChI is InChI=1S/C12H13ClN2O6/c1-21-9-4-8(6(13)2-5(9)12(19)20)15-11(18)7(14)3-10(16)17/h2,4,7H,3,14H2,1H3,(H,15,18)(H,16,17)(H,19,20). The van der Waals surface area contributed by atoms with Gasteiger partial charge in [-0.15, -0.1) is 0 Å². The fourth-order valence-corrected chi connectivity index (χ4v) is 1.70. The second kappa shape index (κ2) is 6.91. The van der Waals surface area contributed by atoms with Crippen LogP contribution in [0.15, 0.2) is 12.1 Å². The van der Waals surface area contributed by atoms with Crippen LogP contribution in [-0.2, 0) is 9.59 Å². The number of carboxylic acids is 2. The molecule has 5 N–H and O–H groups in total. The smallest absolute Gasteiger partial charge is 0.339 e. The molecular weight excluding hydrogens is 304 g/mol. The van der Waals surface area contributed by atoms with E-state index in [0.29, 0.717) is 0 Å². The van der Waals surface area contributed by atoms with E-state index in [1.165, 1.54) is 13.2 Å². The van der Waals surface area contributed by atoms with E-state index in [1.54, 1.807) is 0 Å². The van der Waals surface area contributed by atoms with E-state index >= 15 is 0 Å². The van der Waals surface area contributed by atoms with Gasteiger partial charge in [-0.3, -0.25) is 9.59 Å². The minimum Gasteiger partial charge on any atom is -0.496 e. The van der Waals surface area contributed by atoms with Crippen LogP contribution in [0.1, 0.15) is 16.8 Å². The van der Waals surface area contributed by atoms with Crippen LogP contribution in [0.25, 0.3) is 0 Å². The number of aliphatic carboxylic acids is 1. The number of nitrogens with one attached hydrogen (secondary N) is 1. The van der Waals surface area contributed by atoms with E-state index in [0.717, 1.165) is 6.07 Å². The molecule has 1 aromatic carbocycles. The Labute approximate surface area is 124 Å². The van der Waals surface area contributed by atoms with Crippen LogP contribution >= 0.6 is 11.6 Å². The Morgan fingerprint density at radius 1 is 1.38 bits per heavy atom. The number of hydrogen-bond donors (Lipinski definition) is 4. The van der Waals surface area contributed by atoms with Gasteiger partial charge < -0.3 is 26.0 Å². The number of carboxylic acid groups (broad SMARTS) is 2. The van der Waals surface area contributed by atoms with Gasteiger partial charge in [-0.1, -0.05) is 11.6 Å². The third-order valence-corrected chi connectivity index (χ3v) is 2.82. The summed E-state index contributed by atoms with van der Waals surface area (Å²) in [6.45, 7) is 0. The number of aromatic carboxylic acids is 1. The van der Waals surface area contributed by atoms with E-state index in [9.17, 15) is 14.4 Å². The molecule has 1 aromatic rings. The second-order valence-electron chi connectivity index (χ2n) is 4.03. The maximum atomic E-state index is 11.7. The third kappa shape index (κ3) is 4.33. The number of ether oxygens (including phenoxy) is 1. The van der Waals surface area contributed by atoms with Crippen LogP contribution in [0.5, 0.6) is 5.75 Å². The Morgan fingerprint density at radius 2 is 2.00 bits per heavy atom. The molecule has 0 saturated carbocycles. The van der Waals surface area contributed by atoms with Crippen molar-refractivity contribution in [2.75, 3.05) is 12.4 Å². The fourth-order valence-electron chi connectivity index (χ4n) is 1.49.